The van der Waals surface area contributed by atoms with E-state index in [-0.39, 0.29) is 6.07 Å². The minimum Gasteiger partial charge on any atom is -0.481 e. The molecule has 0 radical (unpaired) electrons. The third kappa shape index (κ3) is 4.35. The zero-order valence-corrected chi connectivity index (χ0v) is 11.7. The SMILES string of the molecule is CC(O)(c1cc(C(N)CC(=O)O)cc(C(F)(F)F)c1)C(F)(F)F. The summed E-state index contributed by atoms with van der Waals surface area (Å²) in [6.45, 7) is 0.301. The maximum absolute atomic E-state index is 12.8. The van der Waals surface area contributed by atoms with Crippen LogP contribution in [0.1, 0.15) is 36.1 Å². The van der Waals surface area contributed by atoms with Crippen molar-refractivity contribution >= 4 is 5.97 Å². The van der Waals surface area contributed by atoms with E-state index >= 15 is 0 Å². The molecular weight excluding hydrogens is 332 g/mol. The van der Waals surface area contributed by atoms with Crippen LogP contribution in [0.15, 0.2) is 18.2 Å². The number of hydrogen-bond acceptors (Lipinski definition) is 3. The van der Waals surface area contributed by atoms with Crippen LogP contribution in [-0.4, -0.2) is 22.4 Å². The molecule has 0 heterocycles. The van der Waals surface area contributed by atoms with E-state index in [1.54, 1.807) is 0 Å². The second-order valence-electron chi connectivity index (χ2n) is 5.12. The molecule has 0 aromatic heterocycles. The summed E-state index contributed by atoms with van der Waals surface area (Å²) in [6, 6.07) is -0.220. The van der Waals surface area contributed by atoms with Gasteiger partial charge in [-0.1, -0.05) is 6.07 Å². The first-order chi connectivity index (χ1) is 10.2. The van der Waals surface area contributed by atoms with E-state index in [9.17, 15) is 36.2 Å². The summed E-state index contributed by atoms with van der Waals surface area (Å²) in [7, 11) is 0. The number of hydrogen-bond donors (Lipinski definition) is 3. The average molecular weight is 345 g/mol. The Balaban J connectivity index is 3.51. The predicted molar refractivity (Wildman–Crippen MR) is 66.3 cm³/mol. The largest absolute Gasteiger partial charge is 0.481 e. The van der Waals surface area contributed by atoms with Crippen LogP contribution in [0.2, 0.25) is 0 Å². The van der Waals surface area contributed by atoms with Crippen LogP contribution >= 0.6 is 0 Å². The van der Waals surface area contributed by atoms with Gasteiger partial charge in [-0.05, 0) is 30.2 Å². The normalized spacial score (nSPS) is 16.7. The van der Waals surface area contributed by atoms with Crippen molar-refractivity contribution in [1.82, 2.24) is 0 Å². The van der Waals surface area contributed by atoms with Crippen LogP contribution in [0.5, 0.6) is 0 Å². The van der Waals surface area contributed by atoms with Crippen molar-refractivity contribution in [1.29, 1.82) is 0 Å². The van der Waals surface area contributed by atoms with Crippen LogP contribution < -0.4 is 5.73 Å². The smallest absolute Gasteiger partial charge is 0.421 e. The fourth-order valence-electron chi connectivity index (χ4n) is 1.78. The maximum atomic E-state index is 12.8. The number of carboxylic acid groups (broad SMARTS) is 1. The Morgan fingerprint density at radius 1 is 1.13 bits per heavy atom. The third-order valence-electron chi connectivity index (χ3n) is 3.22. The van der Waals surface area contributed by atoms with Gasteiger partial charge in [-0.2, -0.15) is 26.3 Å². The molecule has 0 bridgehead atoms. The Bertz CT molecular complexity index is 594. The fraction of sp³-hybridized carbons (Fsp3) is 0.462. The van der Waals surface area contributed by atoms with Crippen molar-refractivity contribution in [3.63, 3.8) is 0 Å². The van der Waals surface area contributed by atoms with Crippen molar-refractivity contribution in [2.45, 2.75) is 37.3 Å². The second kappa shape index (κ2) is 6.00. The topological polar surface area (TPSA) is 83.5 Å². The molecule has 0 saturated heterocycles. The summed E-state index contributed by atoms with van der Waals surface area (Å²) in [4.78, 5) is 10.6. The lowest BCUT2D eigenvalue weighted by molar-refractivity contribution is -0.259. The highest BCUT2D eigenvalue weighted by Gasteiger charge is 2.52. The van der Waals surface area contributed by atoms with Crippen LogP contribution in [0.25, 0.3) is 0 Å². The number of rotatable bonds is 4. The molecule has 4 nitrogen and oxygen atoms in total. The molecule has 2 unspecified atom stereocenters. The molecule has 2 atom stereocenters. The summed E-state index contributed by atoms with van der Waals surface area (Å²) in [5.41, 5.74) is -1.14. The van der Waals surface area contributed by atoms with E-state index in [1.807, 2.05) is 0 Å². The minimum atomic E-state index is -5.23. The number of aliphatic hydroxyl groups is 1. The van der Waals surface area contributed by atoms with E-state index < -0.39 is 53.1 Å². The van der Waals surface area contributed by atoms with Gasteiger partial charge < -0.3 is 15.9 Å². The summed E-state index contributed by atoms with van der Waals surface area (Å²) in [6.07, 6.45) is -11.0. The molecular formula is C13H13F6NO3. The number of nitrogens with two attached hydrogens (primary N) is 1. The quantitative estimate of drug-likeness (QED) is 0.733. The average Bonchev–Trinajstić information content (AvgIpc) is 2.34. The number of carboxylic acids is 1. The van der Waals surface area contributed by atoms with Gasteiger partial charge in [-0.3, -0.25) is 4.79 Å². The van der Waals surface area contributed by atoms with Crippen molar-refractivity contribution in [2.24, 2.45) is 5.73 Å². The standard InChI is InChI=1S/C13H13F6NO3/c1-11(23,13(17,18)19)7-2-6(9(20)5-10(21)22)3-8(4-7)12(14,15)16/h2-4,9,23H,5,20H2,1H3,(H,21,22). The van der Waals surface area contributed by atoms with Gasteiger partial charge in [0, 0.05) is 6.04 Å². The molecule has 1 aromatic carbocycles. The van der Waals surface area contributed by atoms with Gasteiger partial charge >= 0.3 is 18.3 Å². The number of carbonyl (C=O) groups is 1. The van der Waals surface area contributed by atoms with Gasteiger partial charge in [0.2, 0.25) is 0 Å². The zero-order chi connectivity index (χ0) is 18.2. The maximum Gasteiger partial charge on any atom is 0.421 e. The Morgan fingerprint density at radius 2 is 1.61 bits per heavy atom. The van der Waals surface area contributed by atoms with Gasteiger partial charge in [0.05, 0.1) is 12.0 Å². The van der Waals surface area contributed by atoms with E-state index in [4.69, 9.17) is 10.8 Å². The van der Waals surface area contributed by atoms with Gasteiger partial charge in [-0.25, -0.2) is 0 Å². The summed E-state index contributed by atoms with van der Waals surface area (Å²) < 4.78 is 77.0. The highest BCUT2D eigenvalue weighted by molar-refractivity contribution is 5.68. The van der Waals surface area contributed by atoms with Crippen molar-refractivity contribution < 1.29 is 41.4 Å². The molecule has 4 N–H and O–H groups in total. The summed E-state index contributed by atoms with van der Waals surface area (Å²) >= 11 is 0. The highest BCUT2D eigenvalue weighted by atomic mass is 19.4. The van der Waals surface area contributed by atoms with Gasteiger partial charge in [0.1, 0.15) is 0 Å². The number of halogens is 6. The summed E-state index contributed by atoms with van der Waals surface area (Å²) in [5.74, 6) is -1.43. The lowest BCUT2D eigenvalue weighted by Crippen LogP contribution is -2.39. The predicted octanol–water partition coefficient (Wildman–Crippen LogP) is 2.95. The molecule has 0 aliphatic heterocycles. The lowest BCUT2D eigenvalue weighted by atomic mass is 9.89. The Labute approximate surface area is 126 Å². The zero-order valence-electron chi connectivity index (χ0n) is 11.7. The summed E-state index contributed by atoms with van der Waals surface area (Å²) in [5, 5.41) is 18.2. The van der Waals surface area contributed by atoms with Crippen molar-refractivity contribution in [3.8, 4) is 0 Å². The first-order valence-corrected chi connectivity index (χ1v) is 6.15. The fourth-order valence-corrected chi connectivity index (χ4v) is 1.78. The van der Waals surface area contributed by atoms with Gasteiger partial charge in [0.15, 0.2) is 5.60 Å². The van der Waals surface area contributed by atoms with Crippen LogP contribution in [0.4, 0.5) is 26.3 Å². The molecule has 0 aliphatic rings. The molecule has 0 fully saturated rings. The second-order valence-corrected chi connectivity index (χ2v) is 5.12. The first kappa shape index (κ1) is 19.2. The molecule has 1 rings (SSSR count). The van der Waals surface area contributed by atoms with Crippen LogP contribution in [0.3, 0.4) is 0 Å². The molecule has 1 aromatic rings. The molecule has 130 valence electrons. The van der Waals surface area contributed by atoms with Crippen molar-refractivity contribution in [2.75, 3.05) is 0 Å². The monoisotopic (exact) mass is 345 g/mol. The van der Waals surface area contributed by atoms with E-state index in [2.05, 4.69) is 0 Å². The van der Waals surface area contributed by atoms with Gasteiger partial charge in [0.25, 0.3) is 0 Å². The van der Waals surface area contributed by atoms with Crippen molar-refractivity contribution in [3.05, 3.63) is 34.9 Å². The van der Waals surface area contributed by atoms with E-state index in [0.29, 0.717) is 19.1 Å². The van der Waals surface area contributed by atoms with Gasteiger partial charge in [-0.15, -0.1) is 0 Å². The Kier molecular flexibility index (Phi) is 5.02. The van der Waals surface area contributed by atoms with Crippen LogP contribution in [-0.2, 0) is 16.6 Å². The van der Waals surface area contributed by atoms with E-state index in [1.165, 1.54) is 0 Å². The Hall–Kier alpha value is -1.81. The number of aliphatic carboxylic acids is 1. The number of benzene rings is 1. The first-order valence-electron chi connectivity index (χ1n) is 6.15. The molecule has 10 heteroatoms. The van der Waals surface area contributed by atoms with E-state index in [0.717, 1.165) is 0 Å². The molecule has 0 aliphatic carbocycles. The highest BCUT2D eigenvalue weighted by Crippen LogP contribution is 2.41. The Morgan fingerprint density at radius 3 is 2.00 bits per heavy atom. The molecule has 0 saturated carbocycles. The molecule has 0 amide bonds. The number of alkyl halides is 6. The van der Waals surface area contributed by atoms with Crippen LogP contribution in [0, 0.1) is 0 Å². The molecule has 0 spiro atoms. The third-order valence-corrected chi connectivity index (χ3v) is 3.22. The lowest BCUT2D eigenvalue weighted by Gasteiger charge is -2.28. The molecule has 23 heavy (non-hydrogen) atoms. The minimum absolute atomic E-state index is 0.157.